The standard InChI is InChI=1S/C10H15N4/c1-8-7-12-9(2)10(13-8)14-5-3-11-4-6-14/h7H,3-6H2,1-2H3. The van der Waals surface area contributed by atoms with Crippen LogP contribution in [0.1, 0.15) is 11.4 Å². The van der Waals surface area contributed by atoms with Gasteiger partial charge >= 0.3 is 0 Å². The molecule has 0 atom stereocenters. The van der Waals surface area contributed by atoms with Crippen molar-refractivity contribution in [3.8, 4) is 0 Å². The number of anilines is 1. The van der Waals surface area contributed by atoms with E-state index in [4.69, 9.17) is 0 Å². The number of piperazine rings is 1. The molecule has 0 aliphatic carbocycles. The van der Waals surface area contributed by atoms with Crippen LogP contribution in [0.4, 0.5) is 5.82 Å². The average molecular weight is 191 g/mol. The molecule has 2 heterocycles. The fraction of sp³-hybridized carbons (Fsp3) is 0.600. The van der Waals surface area contributed by atoms with Gasteiger partial charge in [-0.1, -0.05) is 0 Å². The topological polar surface area (TPSA) is 43.1 Å². The summed E-state index contributed by atoms with van der Waals surface area (Å²) in [7, 11) is 0. The molecule has 1 aliphatic rings. The number of nitrogens with zero attached hydrogens (tertiary/aromatic N) is 4. The highest BCUT2D eigenvalue weighted by molar-refractivity contribution is 5.43. The van der Waals surface area contributed by atoms with Gasteiger partial charge in [-0.3, -0.25) is 4.98 Å². The molecule has 14 heavy (non-hydrogen) atoms. The lowest BCUT2D eigenvalue weighted by Gasteiger charge is -2.28. The number of aryl methyl sites for hydroxylation is 2. The van der Waals surface area contributed by atoms with Crippen LogP contribution in [0.5, 0.6) is 0 Å². The molecular formula is C10H15N4. The highest BCUT2D eigenvalue weighted by Gasteiger charge is 2.14. The number of hydrogen-bond donors (Lipinski definition) is 0. The van der Waals surface area contributed by atoms with Gasteiger partial charge in [-0.05, 0) is 13.8 Å². The Labute approximate surface area is 84.4 Å². The molecule has 1 fully saturated rings. The Hall–Kier alpha value is -1.16. The molecule has 4 nitrogen and oxygen atoms in total. The lowest BCUT2D eigenvalue weighted by atomic mass is 10.3. The van der Waals surface area contributed by atoms with Crippen LogP contribution < -0.4 is 10.2 Å². The first-order valence-corrected chi connectivity index (χ1v) is 4.96. The zero-order valence-corrected chi connectivity index (χ0v) is 8.69. The Morgan fingerprint density at radius 1 is 1.21 bits per heavy atom. The van der Waals surface area contributed by atoms with E-state index in [1.54, 1.807) is 0 Å². The van der Waals surface area contributed by atoms with Gasteiger partial charge in [0.15, 0.2) is 0 Å². The van der Waals surface area contributed by atoms with E-state index in [1.807, 2.05) is 20.0 Å². The summed E-state index contributed by atoms with van der Waals surface area (Å²) in [4.78, 5) is 11.1. The third kappa shape index (κ3) is 1.85. The SMILES string of the molecule is Cc1cnc(C)c(N2CC[N]CC2)n1. The largest absolute Gasteiger partial charge is 0.352 e. The van der Waals surface area contributed by atoms with Gasteiger partial charge in [0.25, 0.3) is 0 Å². The predicted molar refractivity (Wildman–Crippen MR) is 55.6 cm³/mol. The summed E-state index contributed by atoms with van der Waals surface area (Å²) < 4.78 is 0. The first-order valence-electron chi connectivity index (χ1n) is 4.96. The van der Waals surface area contributed by atoms with E-state index in [-0.39, 0.29) is 0 Å². The van der Waals surface area contributed by atoms with Crippen molar-refractivity contribution < 1.29 is 0 Å². The molecule has 0 amide bonds. The second kappa shape index (κ2) is 3.92. The van der Waals surface area contributed by atoms with Gasteiger partial charge in [0, 0.05) is 32.4 Å². The highest BCUT2D eigenvalue weighted by atomic mass is 15.2. The molecule has 4 heteroatoms. The highest BCUT2D eigenvalue weighted by Crippen LogP contribution is 2.15. The molecule has 0 saturated carbocycles. The number of hydrogen-bond acceptors (Lipinski definition) is 3. The molecule has 1 radical (unpaired) electrons. The van der Waals surface area contributed by atoms with Gasteiger partial charge in [-0.2, -0.15) is 0 Å². The van der Waals surface area contributed by atoms with Gasteiger partial charge in [-0.25, -0.2) is 10.3 Å². The van der Waals surface area contributed by atoms with E-state index in [9.17, 15) is 0 Å². The van der Waals surface area contributed by atoms with Gasteiger partial charge in [0.2, 0.25) is 0 Å². The molecule has 75 valence electrons. The molecule has 1 saturated heterocycles. The first kappa shape index (κ1) is 9.40. The maximum atomic E-state index is 4.52. The van der Waals surface area contributed by atoms with Crippen LogP contribution in [0.3, 0.4) is 0 Å². The molecule has 0 N–H and O–H groups in total. The quantitative estimate of drug-likeness (QED) is 0.650. The molecular weight excluding hydrogens is 176 g/mol. The van der Waals surface area contributed by atoms with Crippen molar-refractivity contribution in [2.24, 2.45) is 0 Å². The third-order valence-electron chi connectivity index (χ3n) is 2.41. The summed E-state index contributed by atoms with van der Waals surface area (Å²) in [5.41, 5.74) is 1.99. The predicted octanol–water partition coefficient (Wildman–Crippen LogP) is 0.518. The van der Waals surface area contributed by atoms with Gasteiger partial charge in [0.1, 0.15) is 5.82 Å². The summed E-state index contributed by atoms with van der Waals surface area (Å²) in [6.45, 7) is 7.75. The van der Waals surface area contributed by atoms with Crippen LogP contribution in [-0.2, 0) is 0 Å². The Balaban J connectivity index is 2.24. The Bertz CT molecular complexity index is 318. The monoisotopic (exact) mass is 191 g/mol. The van der Waals surface area contributed by atoms with Crippen molar-refractivity contribution in [3.63, 3.8) is 0 Å². The van der Waals surface area contributed by atoms with Gasteiger partial charge < -0.3 is 4.90 Å². The fourth-order valence-electron chi connectivity index (χ4n) is 1.64. The van der Waals surface area contributed by atoms with Crippen molar-refractivity contribution in [1.29, 1.82) is 0 Å². The zero-order valence-electron chi connectivity index (χ0n) is 8.69. The van der Waals surface area contributed by atoms with E-state index < -0.39 is 0 Å². The molecule has 1 aliphatic heterocycles. The van der Waals surface area contributed by atoms with E-state index in [2.05, 4.69) is 20.2 Å². The van der Waals surface area contributed by atoms with Crippen LogP contribution in [0.2, 0.25) is 0 Å². The minimum Gasteiger partial charge on any atom is -0.352 e. The van der Waals surface area contributed by atoms with Crippen molar-refractivity contribution in [3.05, 3.63) is 17.6 Å². The lowest BCUT2D eigenvalue weighted by molar-refractivity contribution is 0.573. The number of rotatable bonds is 1. The van der Waals surface area contributed by atoms with Crippen molar-refractivity contribution in [2.45, 2.75) is 13.8 Å². The summed E-state index contributed by atoms with van der Waals surface area (Å²) in [6, 6.07) is 0. The maximum Gasteiger partial charge on any atom is 0.150 e. The Kier molecular flexibility index (Phi) is 2.63. The zero-order chi connectivity index (χ0) is 9.97. The lowest BCUT2D eigenvalue weighted by Crippen LogP contribution is -2.41. The summed E-state index contributed by atoms with van der Waals surface area (Å²) in [6.07, 6.45) is 1.81. The Morgan fingerprint density at radius 2 is 1.93 bits per heavy atom. The molecule has 0 bridgehead atoms. The van der Waals surface area contributed by atoms with Crippen LogP contribution in [0, 0.1) is 13.8 Å². The Morgan fingerprint density at radius 3 is 2.64 bits per heavy atom. The first-order chi connectivity index (χ1) is 6.77. The normalized spacial score (nSPS) is 17.1. The third-order valence-corrected chi connectivity index (χ3v) is 2.41. The van der Waals surface area contributed by atoms with Crippen molar-refractivity contribution >= 4 is 5.82 Å². The summed E-state index contributed by atoms with van der Waals surface area (Å²) in [5, 5.41) is 4.32. The maximum absolute atomic E-state index is 4.52. The summed E-state index contributed by atoms with van der Waals surface area (Å²) in [5.74, 6) is 1.03. The van der Waals surface area contributed by atoms with Crippen molar-refractivity contribution in [1.82, 2.24) is 15.3 Å². The average Bonchev–Trinajstić information content (AvgIpc) is 2.23. The van der Waals surface area contributed by atoms with E-state index in [1.165, 1.54) is 0 Å². The fourth-order valence-corrected chi connectivity index (χ4v) is 1.64. The smallest absolute Gasteiger partial charge is 0.150 e. The van der Waals surface area contributed by atoms with Gasteiger partial charge in [-0.15, -0.1) is 0 Å². The molecule has 0 spiro atoms. The van der Waals surface area contributed by atoms with Crippen LogP contribution >= 0.6 is 0 Å². The number of aromatic nitrogens is 2. The minimum atomic E-state index is 0.912. The molecule has 2 rings (SSSR count). The second-order valence-electron chi connectivity index (χ2n) is 3.58. The van der Waals surface area contributed by atoms with Crippen molar-refractivity contribution in [2.75, 3.05) is 31.1 Å². The molecule has 1 aromatic rings. The van der Waals surface area contributed by atoms with E-state index >= 15 is 0 Å². The molecule has 0 aromatic carbocycles. The van der Waals surface area contributed by atoms with Crippen LogP contribution in [-0.4, -0.2) is 36.1 Å². The summed E-state index contributed by atoms with van der Waals surface area (Å²) >= 11 is 0. The van der Waals surface area contributed by atoms with Crippen LogP contribution in [0.15, 0.2) is 6.20 Å². The van der Waals surface area contributed by atoms with Crippen LogP contribution in [0.25, 0.3) is 0 Å². The van der Waals surface area contributed by atoms with E-state index in [0.717, 1.165) is 43.4 Å². The van der Waals surface area contributed by atoms with Gasteiger partial charge in [0.05, 0.1) is 11.4 Å². The molecule has 0 unspecified atom stereocenters. The van der Waals surface area contributed by atoms with E-state index in [0.29, 0.717) is 0 Å². The molecule has 1 aromatic heterocycles. The second-order valence-corrected chi connectivity index (χ2v) is 3.58. The minimum absolute atomic E-state index is 0.912.